The van der Waals surface area contributed by atoms with E-state index < -0.39 is 10.2 Å². The van der Waals surface area contributed by atoms with E-state index >= 15 is 0 Å². The summed E-state index contributed by atoms with van der Waals surface area (Å²) in [5.74, 6) is 0. The van der Waals surface area contributed by atoms with E-state index in [1.54, 1.807) is 11.4 Å². The first-order valence-corrected chi connectivity index (χ1v) is 7.88. The van der Waals surface area contributed by atoms with E-state index in [0.29, 0.717) is 26.2 Å². The van der Waals surface area contributed by atoms with Crippen molar-refractivity contribution < 1.29 is 8.42 Å². The molecular weight excluding hydrogens is 262 g/mol. The Labute approximate surface area is 115 Å². The average Bonchev–Trinajstić information content (AvgIpc) is 2.44. The zero-order valence-electron chi connectivity index (χ0n) is 11.5. The summed E-state index contributed by atoms with van der Waals surface area (Å²) in [6.45, 7) is 2.17. The molecule has 0 spiro atoms. The van der Waals surface area contributed by atoms with E-state index in [1.807, 2.05) is 25.2 Å². The van der Waals surface area contributed by atoms with Gasteiger partial charge in [-0.05, 0) is 24.6 Å². The van der Waals surface area contributed by atoms with Crippen molar-refractivity contribution in [3.8, 4) is 0 Å². The highest BCUT2D eigenvalue weighted by molar-refractivity contribution is 7.86. The van der Waals surface area contributed by atoms with Gasteiger partial charge in [0.2, 0.25) is 0 Å². The first kappa shape index (κ1) is 14.5. The number of nitrogens with zero attached hydrogens (tertiary/aromatic N) is 2. The van der Waals surface area contributed by atoms with E-state index in [9.17, 15) is 8.42 Å². The van der Waals surface area contributed by atoms with Crippen LogP contribution in [-0.2, 0) is 23.2 Å². The van der Waals surface area contributed by atoms with Crippen LogP contribution in [0.15, 0.2) is 24.3 Å². The Morgan fingerprint density at radius 3 is 2.68 bits per heavy atom. The maximum absolute atomic E-state index is 12.4. The monoisotopic (exact) mass is 283 g/mol. The molecule has 2 rings (SSSR count). The SMILES string of the molecule is CNCCN(C)S(=O)(=O)N1CCc2ccccc2C1. The molecule has 19 heavy (non-hydrogen) atoms. The Morgan fingerprint density at radius 1 is 1.32 bits per heavy atom. The highest BCUT2D eigenvalue weighted by Gasteiger charge is 2.29. The van der Waals surface area contributed by atoms with Gasteiger partial charge in [0, 0.05) is 33.2 Å². The highest BCUT2D eigenvalue weighted by Crippen LogP contribution is 2.21. The molecule has 1 N–H and O–H groups in total. The molecule has 6 heteroatoms. The summed E-state index contributed by atoms with van der Waals surface area (Å²) in [7, 11) is 0.0989. The first-order chi connectivity index (χ1) is 9.05. The van der Waals surface area contributed by atoms with Crippen molar-refractivity contribution in [3.05, 3.63) is 35.4 Å². The Kier molecular flexibility index (Phi) is 4.57. The van der Waals surface area contributed by atoms with Gasteiger partial charge in [-0.3, -0.25) is 0 Å². The fourth-order valence-corrected chi connectivity index (χ4v) is 3.59. The minimum absolute atomic E-state index is 0.475. The number of rotatable bonds is 5. The van der Waals surface area contributed by atoms with Crippen LogP contribution < -0.4 is 5.32 Å². The van der Waals surface area contributed by atoms with Crippen LogP contribution in [0.5, 0.6) is 0 Å². The van der Waals surface area contributed by atoms with Crippen molar-refractivity contribution >= 4 is 10.2 Å². The largest absolute Gasteiger partial charge is 0.318 e. The van der Waals surface area contributed by atoms with E-state index in [1.165, 1.54) is 9.87 Å². The summed E-state index contributed by atoms with van der Waals surface area (Å²) in [4.78, 5) is 0. The number of hydrogen-bond donors (Lipinski definition) is 1. The maximum atomic E-state index is 12.4. The van der Waals surface area contributed by atoms with Gasteiger partial charge in [-0.15, -0.1) is 0 Å². The lowest BCUT2D eigenvalue weighted by atomic mass is 10.0. The fraction of sp³-hybridized carbons (Fsp3) is 0.538. The van der Waals surface area contributed by atoms with Crippen LogP contribution in [0.1, 0.15) is 11.1 Å². The molecule has 0 aromatic heterocycles. The normalized spacial score (nSPS) is 16.6. The summed E-state index contributed by atoms with van der Waals surface area (Å²) in [6.07, 6.45) is 0.787. The van der Waals surface area contributed by atoms with Crippen LogP contribution in [0, 0.1) is 0 Å². The minimum Gasteiger partial charge on any atom is -0.318 e. The van der Waals surface area contributed by atoms with Crippen LogP contribution >= 0.6 is 0 Å². The molecule has 0 bridgehead atoms. The van der Waals surface area contributed by atoms with Gasteiger partial charge in [0.1, 0.15) is 0 Å². The third-order valence-electron chi connectivity index (χ3n) is 3.49. The van der Waals surface area contributed by atoms with Gasteiger partial charge in [0.15, 0.2) is 0 Å². The van der Waals surface area contributed by atoms with Gasteiger partial charge in [0.25, 0.3) is 10.2 Å². The molecule has 1 aromatic carbocycles. The second-order valence-electron chi connectivity index (χ2n) is 4.79. The first-order valence-electron chi connectivity index (χ1n) is 6.48. The summed E-state index contributed by atoms with van der Waals surface area (Å²) in [6, 6.07) is 8.04. The van der Waals surface area contributed by atoms with Gasteiger partial charge >= 0.3 is 0 Å². The molecule has 0 saturated heterocycles. The molecule has 5 nitrogen and oxygen atoms in total. The maximum Gasteiger partial charge on any atom is 0.282 e. The summed E-state index contributed by atoms with van der Waals surface area (Å²) < 4.78 is 27.8. The van der Waals surface area contributed by atoms with E-state index in [4.69, 9.17) is 0 Å². The Bertz CT molecular complexity index is 530. The topological polar surface area (TPSA) is 52.7 Å². The number of nitrogens with one attached hydrogen (secondary N) is 1. The van der Waals surface area contributed by atoms with Crippen LogP contribution in [-0.4, -0.2) is 50.8 Å². The lowest BCUT2D eigenvalue weighted by Crippen LogP contribution is -2.45. The number of hydrogen-bond acceptors (Lipinski definition) is 3. The molecule has 0 saturated carbocycles. The van der Waals surface area contributed by atoms with Crippen LogP contribution in [0.4, 0.5) is 0 Å². The molecule has 1 aliphatic heterocycles. The molecule has 0 amide bonds. The zero-order valence-corrected chi connectivity index (χ0v) is 12.3. The van der Waals surface area contributed by atoms with Crippen molar-refractivity contribution in [1.29, 1.82) is 0 Å². The fourth-order valence-electron chi connectivity index (χ4n) is 2.25. The second-order valence-corrected chi connectivity index (χ2v) is 6.82. The van der Waals surface area contributed by atoms with Crippen LogP contribution in [0.2, 0.25) is 0 Å². The molecular formula is C13H21N3O2S. The Hall–Kier alpha value is -0.950. The third kappa shape index (κ3) is 3.14. The van der Waals surface area contributed by atoms with Crippen molar-refractivity contribution in [2.24, 2.45) is 0 Å². The standard InChI is InChI=1S/C13H21N3O2S/c1-14-8-10-15(2)19(17,18)16-9-7-12-5-3-4-6-13(12)11-16/h3-6,14H,7-11H2,1-2H3. The van der Waals surface area contributed by atoms with Crippen molar-refractivity contribution in [2.45, 2.75) is 13.0 Å². The summed E-state index contributed by atoms with van der Waals surface area (Å²) in [5, 5.41) is 2.96. The van der Waals surface area contributed by atoms with E-state index in [0.717, 1.165) is 12.0 Å². The van der Waals surface area contributed by atoms with Crippen molar-refractivity contribution in [2.75, 3.05) is 33.7 Å². The molecule has 1 heterocycles. The molecule has 0 radical (unpaired) electrons. The number of likely N-dealkylation sites (N-methyl/N-ethyl adjacent to an activating group) is 2. The van der Waals surface area contributed by atoms with Gasteiger partial charge in [-0.25, -0.2) is 0 Å². The molecule has 106 valence electrons. The smallest absolute Gasteiger partial charge is 0.282 e. The molecule has 1 aromatic rings. The molecule has 0 unspecified atom stereocenters. The van der Waals surface area contributed by atoms with Gasteiger partial charge in [-0.2, -0.15) is 17.0 Å². The van der Waals surface area contributed by atoms with Gasteiger partial charge in [-0.1, -0.05) is 24.3 Å². The molecule has 0 atom stereocenters. The third-order valence-corrected chi connectivity index (χ3v) is 5.43. The minimum atomic E-state index is -3.35. The Morgan fingerprint density at radius 2 is 2.00 bits per heavy atom. The van der Waals surface area contributed by atoms with E-state index in [2.05, 4.69) is 11.4 Å². The molecule has 1 aliphatic rings. The average molecular weight is 283 g/mol. The van der Waals surface area contributed by atoms with Crippen molar-refractivity contribution in [3.63, 3.8) is 0 Å². The van der Waals surface area contributed by atoms with Crippen molar-refractivity contribution in [1.82, 2.24) is 13.9 Å². The Balaban J connectivity index is 2.11. The second kappa shape index (κ2) is 6.00. The lowest BCUT2D eigenvalue weighted by molar-refractivity contribution is 0.344. The summed E-state index contributed by atoms with van der Waals surface area (Å²) in [5.41, 5.74) is 2.37. The molecule has 0 fully saturated rings. The van der Waals surface area contributed by atoms with Gasteiger partial charge < -0.3 is 5.32 Å². The predicted molar refractivity (Wildman–Crippen MR) is 76.0 cm³/mol. The highest BCUT2D eigenvalue weighted by atomic mass is 32.2. The zero-order chi connectivity index (χ0) is 13.9. The lowest BCUT2D eigenvalue weighted by Gasteiger charge is -2.31. The summed E-state index contributed by atoms with van der Waals surface area (Å²) >= 11 is 0. The van der Waals surface area contributed by atoms with Gasteiger partial charge in [0.05, 0.1) is 0 Å². The molecule has 0 aliphatic carbocycles. The number of fused-ring (bicyclic) bond motifs is 1. The predicted octanol–water partition coefficient (Wildman–Crippen LogP) is 0.441. The van der Waals surface area contributed by atoms with Crippen LogP contribution in [0.25, 0.3) is 0 Å². The quantitative estimate of drug-likeness (QED) is 0.853. The number of benzene rings is 1. The van der Waals surface area contributed by atoms with Crippen LogP contribution in [0.3, 0.4) is 0 Å². The van der Waals surface area contributed by atoms with E-state index in [-0.39, 0.29) is 0 Å².